The summed E-state index contributed by atoms with van der Waals surface area (Å²) in [7, 11) is -0.791. The molecule has 1 heterocycles. The van der Waals surface area contributed by atoms with Gasteiger partial charge in [-0.25, -0.2) is 17.5 Å². The molecule has 1 saturated carbocycles. The molecule has 154 valence electrons. The fraction of sp³-hybridized carbons (Fsp3) is 0.600. The zero-order chi connectivity index (χ0) is 20.3. The molecular formula is C20H28N2O5S. The van der Waals surface area contributed by atoms with Crippen LogP contribution in [-0.4, -0.2) is 62.8 Å². The van der Waals surface area contributed by atoms with Crippen LogP contribution in [0.2, 0.25) is 0 Å². The first-order valence-electron chi connectivity index (χ1n) is 9.80. The van der Waals surface area contributed by atoms with Crippen LogP contribution in [0.25, 0.3) is 0 Å². The Hall–Kier alpha value is -1.93. The molecule has 1 aliphatic heterocycles. The van der Waals surface area contributed by atoms with Gasteiger partial charge in [-0.3, -0.25) is 4.79 Å². The first-order chi connectivity index (χ1) is 13.3. The number of hydrogen-bond acceptors (Lipinski definition) is 5. The van der Waals surface area contributed by atoms with E-state index >= 15 is 0 Å². The van der Waals surface area contributed by atoms with E-state index in [1.54, 1.807) is 0 Å². The number of sulfonamides is 1. The van der Waals surface area contributed by atoms with E-state index in [1.165, 1.54) is 57.6 Å². The molecule has 0 spiro atoms. The van der Waals surface area contributed by atoms with Gasteiger partial charge in [0.1, 0.15) is 0 Å². The average Bonchev–Trinajstić information content (AvgIpc) is 2.71. The predicted octanol–water partition coefficient (Wildman–Crippen LogP) is 2.27. The van der Waals surface area contributed by atoms with Crippen LogP contribution in [0.1, 0.15) is 48.9 Å². The molecular weight excluding hydrogens is 380 g/mol. The van der Waals surface area contributed by atoms with Gasteiger partial charge in [-0.1, -0.05) is 18.9 Å². The Morgan fingerprint density at radius 3 is 2.61 bits per heavy atom. The zero-order valence-electron chi connectivity index (χ0n) is 16.5. The van der Waals surface area contributed by atoms with Gasteiger partial charge in [-0.2, -0.15) is 0 Å². The quantitative estimate of drug-likeness (QED) is 0.698. The standard InChI is InChI=1S/C20H28N2O5S/c1-21(2)28(25,26)17-10-5-8-16(13-17)20(24)27-14-19(23)22-12-6-9-15-7-3-4-11-18(15)22/h5,8,10,13,15,18H,3-4,6-7,9,11-12,14H2,1-2H3/t15-,18+/m0/s1. The van der Waals surface area contributed by atoms with E-state index in [0.29, 0.717) is 12.5 Å². The van der Waals surface area contributed by atoms with Crippen molar-refractivity contribution in [1.29, 1.82) is 0 Å². The summed E-state index contributed by atoms with van der Waals surface area (Å²) in [6.07, 6.45) is 6.71. The molecule has 28 heavy (non-hydrogen) atoms. The Morgan fingerprint density at radius 2 is 1.86 bits per heavy atom. The minimum Gasteiger partial charge on any atom is -0.452 e. The van der Waals surface area contributed by atoms with Gasteiger partial charge in [0.05, 0.1) is 10.5 Å². The summed E-state index contributed by atoms with van der Waals surface area (Å²) < 4.78 is 30.7. The van der Waals surface area contributed by atoms with E-state index in [9.17, 15) is 18.0 Å². The maximum Gasteiger partial charge on any atom is 0.338 e. The Morgan fingerprint density at radius 1 is 1.14 bits per heavy atom. The summed E-state index contributed by atoms with van der Waals surface area (Å²) in [5, 5.41) is 0. The third-order valence-electron chi connectivity index (χ3n) is 5.74. The molecule has 2 atom stereocenters. The maximum absolute atomic E-state index is 12.7. The number of piperidine rings is 1. The molecule has 0 N–H and O–H groups in total. The van der Waals surface area contributed by atoms with Gasteiger partial charge >= 0.3 is 5.97 Å². The highest BCUT2D eigenvalue weighted by Crippen LogP contribution is 2.35. The van der Waals surface area contributed by atoms with E-state index in [1.807, 2.05) is 4.90 Å². The number of benzene rings is 1. The number of nitrogens with zero attached hydrogens (tertiary/aromatic N) is 2. The summed E-state index contributed by atoms with van der Waals surface area (Å²) in [6.45, 7) is 0.404. The predicted molar refractivity (Wildman–Crippen MR) is 104 cm³/mol. The topological polar surface area (TPSA) is 84.0 Å². The van der Waals surface area contributed by atoms with Crippen LogP contribution in [-0.2, 0) is 19.6 Å². The average molecular weight is 409 g/mol. The second kappa shape index (κ2) is 8.61. The molecule has 3 rings (SSSR count). The van der Waals surface area contributed by atoms with Gasteiger partial charge in [0.25, 0.3) is 5.91 Å². The summed E-state index contributed by atoms with van der Waals surface area (Å²) in [4.78, 5) is 26.9. The van der Waals surface area contributed by atoms with Crippen molar-refractivity contribution < 1.29 is 22.7 Å². The van der Waals surface area contributed by atoms with Gasteiger partial charge in [-0.05, 0) is 49.8 Å². The van der Waals surface area contributed by atoms with Crippen molar-refractivity contribution in [2.75, 3.05) is 27.2 Å². The number of fused-ring (bicyclic) bond motifs is 1. The van der Waals surface area contributed by atoms with Crippen molar-refractivity contribution in [2.45, 2.75) is 49.5 Å². The Kier molecular flexibility index (Phi) is 6.40. The summed E-state index contributed by atoms with van der Waals surface area (Å²) in [5.74, 6) is -0.293. The molecule has 8 heteroatoms. The molecule has 0 bridgehead atoms. The molecule has 2 aliphatic rings. The highest BCUT2D eigenvalue weighted by Gasteiger charge is 2.35. The number of carbonyl (C=O) groups excluding carboxylic acids is 2. The van der Waals surface area contributed by atoms with Crippen molar-refractivity contribution >= 4 is 21.9 Å². The lowest BCUT2D eigenvalue weighted by molar-refractivity contribution is -0.140. The van der Waals surface area contributed by atoms with E-state index in [2.05, 4.69) is 0 Å². The lowest BCUT2D eigenvalue weighted by Crippen LogP contribution is -2.50. The van der Waals surface area contributed by atoms with Crippen molar-refractivity contribution in [1.82, 2.24) is 9.21 Å². The number of likely N-dealkylation sites (tertiary alicyclic amines) is 1. The summed E-state index contributed by atoms with van der Waals surface area (Å²) in [5.41, 5.74) is 0.116. The van der Waals surface area contributed by atoms with Crippen LogP contribution in [0.5, 0.6) is 0 Å². The monoisotopic (exact) mass is 408 g/mol. The first kappa shape index (κ1) is 20.8. The van der Waals surface area contributed by atoms with E-state index < -0.39 is 16.0 Å². The van der Waals surface area contributed by atoms with Crippen LogP contribution in [0.3, 0.4) is 0 Å². The molecule has 2 fully saturated rings. The second-order valence-electron chi connectivity index (χ2n) is 7.73. The molecule has 0 unspecified atom stereocenters. The fourth-order valence-electron chi connectivity index (χ4n) is 4.22. The van der Waals surface area contributed by atoms with Crippen molar-refractivity contribution in [2.24, 2.45) is 5.92 Å². The zero-order valence-corrected chi connectivity index (χ0v) is 17.3. The smallest absolute Gasteiger partial charge is 0.338 e. The highest BCUT2D eigenvalue weighted by atomic mass is 32.2. The molecule has 1 saturated heterocycles. The first-order valence-corrected chi connectivity index (χ1v) is 11.2. The van der Waals surface area contributed by atoms with Gasteiger partial charge in [0.2, 0.25) is 10.0 Å². The number of rotatable bonds is 5. The molecule has 0 radical (unpaired) electrons. The van der Waals surface area contributed by atoms with Crippen LogP contribution >= 0.6 is 0 Å². The maximum atomic E-state index is 12.7. The summed E-state index contributed by atoms with van der Waals surface area (Å²) in [6, 6.07) is 5.95. The lowest BCUT2D eigenvalue weighted by atomic mass is 9.78. The van der Waals surface area contributed by atoms with Crippen LogP contribution in [0.4, 0.5) is 0 Å². The number of ether oxygens (including phenoxy) is 1. The molecule has 1 amide bonds. The fourth-order valence-corrected chi connectivity index (χ4v) is 5.17. The Bertz CT molecular complexity index is 835. The van der Waals surface area contributed by atoms with Crippen molar-refractivity contribution in [3.63, 3.8) is 0 Å². The van der Waals surface area contributed by atoms with Crippen molar-refractivity contribution in [3.05, 3.63) is 29.8 Å². The summed E-state index contributed by atoms with van der Waals surface area (Å²) >= 11 is 0. The lowest BCUT2D eigenvalue weighted by Gasteiger charge is -2.44. The second-order valence-corrected chi connectivity index (χ2v) is 9.88. The Balaban J connectivity index is 1.63. The van der Waals surface area contributed by atoms with E-state index in [4.69, 9.17) is 4.74 Å². The third-order valence-corrected chi connectivity index (χ3v) is 7.55. The molecule has 1 aromatic carbocycles. The van der Waals surface area contributed by atoms with Gasteiger partial charge in [-0.15, -0.1) is 0 Å². The third kappa shape index (κ3) is 4.38. The van der Waals surface area contributed by atoms with Crippen LogP contribution in [0, 0.1) is 5.92 Å². The number of hydrogen-bond donors (Lipinski definition) is 0. The van der Waals surface area contributed by atoms with E-state index in [0.717, 1.165) is 23.6 Å². The van der Waals surface area contributed by atoms with Gasteiger partial charge in [0.15, 0.2) is 6.61 Å². The SMILES string of the molecule is CN(C)S(=O)(=O)c1cccc(C(=O)OCC(=O)N2CCC[C@@H]3CCCC[C@H]32)c1. The van der Waals surface area contributed by atoms with Gasteiger partial charge in [0, 0.05) is 26.7 Å². The number of amides is 1. The Labute approximate surface area is 166 Å². The minimum atomic E-state index is -3.64. The minimum absolute atomic E-state index is 0.0133. The number of carbonyl (C=O) groups is 2. The highest BCUT2D eigenvalue weighted by molar-refractivity contribution is 7.89. The van der Waals surface area contributed by atoms with Crippen LogP contribution < -0.4 is 0 Å². The normalized spacial score (nSPS) is 22.6. The molecule has 7 nitrogen and oxygen atoms in total. The molecule has 1 aliphatic carbocycles. The molecule has 1 aromatic rings. The van der Waals surface area contributed by atoms with E-state index in [-0.39, 0.29) is 29.0 Å². The van der Waals surface area contributed by atoms with Crippen LogP contribution in [0.15, 0.2) is 29.2 Å². The number of esters is 1. The van der Waals surface area contributed by atoms with Crippen molar-refractivity contribution in [3.8, 4) is 0 Å². The molecule has 0 aromatic heterocycles. The van der Waals surface area contributed by atoms with Gasteiger partial charge < -0.3 is 9.64 Å². The largest absolute Gasteiger partial charge is 0.452 e.